The van der Waals surface area contributed by atoms with Crippen LogP contribution in [0.15, 0.2) is 53.7 Å². The Morgan fingerprint density at radius 1 is 1.08 bits per heavy atom. The number of nitrogens with zero attached hydrogens (tertiary/aromatic N) is 6. The van der Waals surface area contributed by atoms with Crippen molar-refractivity contribution >= 4 is 28.3 Å². The SMILES string of the molecule is COCCN1CCN(c2cc(-n3ccc4c(cnn4Cc4c(F)cccc4F)c3=O)c(Cl)cn2)CC1. The summed E-state index contributed by atoms with van der Waals surface area (Å²) in [6.45, 7) is 4.81. The Bertz CT molecular complexity index is 1430. The number of benzene rings is 1. The molecule has 1 saturated heterocycles. The number of fused-ring (bicyclic) bond motifs is 1. The highest BCUT2D eigenvalue weighted by molar-refractivity contribution is 6.32. The Balaban J connectivity index is 1.43. The lowest BCUT2D eigenvalue weighted by atomic mass is 10.2. The molecule has 0 bridgehead atoms. The van der Waals surface area contributed by atoms with Gasteiger partial charge in [0.2, 0.25) is 0 Å². The van der Waals surface area contributed by atoms with Gasteiger partial charge < -0.3 is 9.64 Å². The predicted molar refractivity (Wildman–Crippen MR) is 134 cm³/mol. The van der Waals surface area contributed by atoms with Gasteiger partial charge in [0.25, 0.3) is 5.56 Å². The number of pyridine rings is 2. The van der Waals surface area contributed by atoms with Gasteiger partial charge in [-0.15, -0.1) is 0 Å². The molecule has 1 aliphatic heterocycles. The molecule has 0 atom stereocenters. The molecule has 0 unspecified atom stereocenters. The molecule has 1 fully saturated rings. The first-order valence-electron chi connectivity index (χ1n) is 11.6. The summed E-state index contributed by atoms with van der Waals surface area (Å²) in [6.07, 6.45) is 4.54. The van der Waals surface area contributed by atoms with Crippen LogP contribution >= 0.6 is 11.6 Å². The fraction of sp³-hybridized carbons (Fsp3) is 0.320. The minimum absolute atomic E-state index is 0.115. The number of methoxy groups -OCH3 is 1. The van der Waals surface area contributed by atoms with Gasteiger partial charge in [0, 0.05) is 57.7 Å². The van der Waals surface area contributed by atoms with Crippen molar-refractivity contribution in [1.29, 1.82) is 0 Å². The summed E-state index contributed by atoms with van der Waals surface area (Å²) in [5, 5.41) is 4.86. The van der Waals surface area contributed by atoms with Crippen molar-refractivity contribution in [3.63, 3.8) is 0 Å². The molecule has 0 amide bonds. The number of hydrogen-bond donors (Lipinski definition) is 0. The van der Waals surface area contributed by atoms with Crippen LogP contribution in [0.3, 0.4) is 0 Å². The molecule has 0 N–H and O–H groups in total. The van der Waals surface area contributed by atoms with E-state index in [1.165, 1.54) is 33.6 Å². The molecule has 0 radical (unpaired) electrons. The molecule has 1 aromatic carbocycles. The molecule has 188 valence electrons. The first-order valence-corrected chi connectivity index (χ1v) is 12.0. The molecule has 36 heavy (non-hydrogen) atoms. The highest BCUT2D eigenvalue weighted by atomic mass is 35.5. The maximum atomic E-state index is 14.1. The molecule has 8 nitrogen and oxygen atoms in total. The van der Waals surface area contributed by atoms with Gasteiger partial charge in [-0.25, -0.2) is 13.8 Å². The number of anilines is 1. The minimum atomic E-state index is -0.664. The third kappa shape index (κ3) is 4.71. The monoisotopic (exact) mass is 514 g/mol. The van der Waals surface area contributed by atoms with Crippen molar-refractivity contribution in [3.8, 4) is 5.69 Å². The van der Waals surface area contributed by atoms with Crippen LogP contribution in [0.5, 0.6) is 0 Å². The van der Waals surface area contributed by atoms with E-state index < -0.39 is 11.6 Å². The van der Waals surface area contributed by atoms with Gasteiger partial charge in [-0.05, 0) is 18.2 Å². The average Bonchev–Trinajstić information content (AvgIpc) is 3.30. The number of hydrogen-bond acceptors (Lipinski definition) is 6. The fourth-order valence-electron chi connectivity index (χ4n) is 4.42. The van der Waals surface area contributed by atoms with Gasteiger partial charge >= 0.3 is 0 Å². The second kappa shape index (κ2) is 10.3. The minimum Gasteiger partial charge on any atom is -0.383 e. The van der Waals surface area contributed by atoms with Crippen molar-refractivity contribution in [2.24, 2.45) is 0 Å². The topological polar surface area (TPSA) is 68.4 Å². The van der Waals surface area contributed by atoms with Crippen molar-refractivity contribution in [2.45, 2.75) is 6.54 Å². The third-order valence-corrected chi connectivity index (χ3v) is 6.76. The van der Waals surface area contributed by atoms with E-state index in [2.05, 4.69) is 19.9 Å². The molecule has 0 aliphatic carbocycles. The number of rotatable bonds is 7. The largest absolute Gasteiger partial charge is 0.383 e. The number of ether oxygens (including phenoxy) is 1. The molecule has 11 heteroatoms. The first-order chi connectivity index (χ1) is 17.5. The highest BCUT2D eigenvalue weighted by Gasteiger charge is 2.20. The first kappa shape index (κ1) is 24.4. The van der Waals surface area contributed by atoms with Crippen LogP contribution in [-0.4, -0.2) is 70.7 Å². The molecule has 0 saturated carbocycles. The molecule has 4 heterocycles. The van der Waals surface area contributed by atoms with Crippen LogP contribution in [-0.2, 0) is 11.3 Å². The summed E-state index contributed by atoms with van der Waals surface area (Å²) in [5.41, 5.74) is 0.520. The Labute approximate surface area is 211 Å². The van der Waals surface area contributed by atoms with Crippen LogP contribution in [0, 0.1) is 11.6 Å². The summed E-state index contributed by atoms with van der Waals surface area (Å²) in [6, 6.07) is 7.19. The van der Waals surface area contributed by atoms with Crippen molar-refractivity contribution in [3.05, 3.63) is 81.5 Å². The summed E-state index contributed by atoms with van der Waals surface area (Å²) in [4.78, 5) is 22.3. The number of aromatic nitrogens is 4. The Morgan fingerprint density at radius 3 is 2.56 bits per heavy atom. The number of piperazine rings is 1. The van der Waals surface area contributed by atoms with E-state index >= 15 is 0 Å². The van der Waals surface area contributed by atoms with Gasteiger partial charge in [-0.1, -0.05) is 17.7 Å². The smallest absolute Gasteiger partial charge is 0.266 e. The molecule has 0 spiro atoms. The Hall–Kier alpha value is -3.34. The lowest BCUT2D eigenvalue weighted by Gasteiger charge is -2.35. The van der Waals surface area contributed by atoms with E-state index in [9.17, 15) is 13.6 Å². The van der Waals surface area contributed by atoms with Crippen molar-refractivity contribution in [2.75, 3.05) is 51.3 Å². The van der Waals surface area contributed by atoms with E-state index in [-0.39, 0.29) is 17.7 Å². The number of halogens is 3. The Morgan fingerprint density at radius 2 is 1.83 bits per heavy atom. The standard InChI is InChI=1S/C25H25ClF2N6O2/c1-36-12-11-31-7-9-32(10-8-31)24-13-23(19(26)15-29-24)33-6-5-22-17(25(33)35)14-30-34(22)16-18-20(27)3-2-4-21(18)28/h2-6,13-15H,7-12,16H2,1H3. The van der Waals surface area contributed by atoms with Crippen molar-refractivity contribution in [1.82, 2.24) is 24.2 Å². The Kier molecular flexibility index (Phi) is 6.99. The summed E-state index contributed by atoms with van der Waals surface area (Å²) in [5.74, 6) is -0.594. The van der Waals surface area contributed by atoms with Gasteiger partial charge in [0.15, 0.2) is 0 Å². The maximum absolute atomic E-state index is 14.1. The summed E-state index contributed by atoms with van der Waals surface area (Å²) >= 11 is 6.45. The molecule has 1 aliphatic rings. The zero-order valence-electron chi connectivity index (χ0n) is 19.7. The van der Waals surface area contributed by atoms with Crippen LogP contribution < -0.4 is 10.5 Å². The quantitative estimate of drug-likeness (QED) is 0.377. The van der Waals surface area contributed by atoms with E-state index in [4.69, 9.17) is 16.3 Å². The molecular weight excluding hydrogens is 490 g/mol. The molecular formula is C25H25ClF2N6O2. The van der Waals surface area contributed by atoms with Crippen LogP contribution in [0.1, 0.15) is 5.56 Å². The van der Waals surface area contributed by atoms with Gasteiger partial charge in [0.05, 0.1) is 47.2 Å². The third-order valence-electron chi connectivity index (χ3n) is 6.47. The van der Waals surface area contributed by atoms with Crippen LogP contribution in [0.4, 0.5) is 14.6 Å². The van der Waals surface area contributed by atoms with Gasteiger partial charge in [-0.3, -0.25) is 18.9 Å². The average molecular weight is 515 g/mol. The van der Waals surface area contributed by atoms with E-state index in [1.807, 2.05) is 0 Å². The summed E-state index contributed by atoms with van der Waals surface area (Å²) in [7, 11) is 1.70. The van der Waals surface area contributed by atoms with Crippen LogP contribution in [0.25, 0.3) is 16.6 Å². The zero-order valence-corrected chi connectivity index (χ0v) is 20.5. The fourth-order valence-corrected chi connectivity index (χ4v) is 4.62. The predicted octanol–water partition coefficient (Wildman–Crippen LogP) is 3.33. The van der Waals surface area contributed by atoms with Gasteiger partial charge in [0.1, 0.15) is 17.5 Å². The lowest BCUT2D eigenvalue weighted by Crippen LogP contribution is -2.47. The molecule has 5 rings (SSSR count). The zero-order chi connectivity index (χ0) is 25.2. The molecule has 3 aromatic heterocycles. The van der Waals surface area contributed by atoms with E-state index in [0.29, 0.717) is 28.2 Å². The van der Waals surface area contributed by atoms with E-state index in [1.54, 1.807) is 31.6 Å². The van der Waals surface area contributed by atoms with Gasteiger partial charge in [-0.2, -0.15) is 5.10 Å². The van der Waals surface area contributed by atoms with Crippen LogP contribution in [0.2, 0.25) is 5.02 Å². The lowest BCUT2D eigenvalue weighted by molar-refractivity contribution is 0.144. The summed E-state index contributed by atoms with van der Waals surface area (Å²) < 4.78 is 36.3. The maximum Gasteiger partial charge on any atom is 0.266 e. The van der Waals surface area contributed by atoms with E-state index in [0.717, 1.165) is 38.5 Å². The van der Waals surface area contributed by atoms with Crippen molar-refractivity contribution < 1.29 is 13.5 Å². The second-order valence-corrected chi connectivity index (χ2v) is 9.01. The molecule has 4 aromatic rings. The normalized spacial score (nSPS) is 14.6. The second-order valence-electron chi connectivity index (χ2n) is 8.61. The highest BCUT2D eigenvalue weighted by Crippen LogP contribution is 2.25.